The van der Waals surface area contributed by atoms with Gasteiger partial charge in [0.15, 0.2) is 11.5 Å². The molecule has 0 bridgehead atoms. The number of anilines is 1. The van der Waals surface area contributed by atoms with Crippen LogP contribution in [0.2, 0.25) is 0 Å². The molecule has 1 aliphatic rings. The molecule has 5 nitrogen and oxygen atoms in total. The Bertz CT molecular complexity index is 566. The molecular formula is C14H17N3O2. The summed E-state index contributed by atoms with van der Waals surface area (Å²) in [4.78, 5) is 4.28. The first-order valence-electron chi connectivity index (χ1n) is 6.42. The van der Waals surface area contributed by atoms with Gasteiger partial charge >= 0.3 is 0 Å². The molecule has 0 aliphatic carbocycles. The molecule has 5 heteroatoms. The summed E-state index contributed by atoms with van der Waals surface area (Å²) in [5.41, 5.74) is 1.01. The molecule has 2 heterocycles. The molecular weight excluding hydrogens is 242 g/mol. The van der Waals surface area contributed by atoms with E-state index in [1.807, 2.05) is 36.0 Å². The number of aryl methyl sites for hydroxylation is 1. The van der Waals surface area contributed by atoms with Gasteiger partial charge < -0.3 is 19.4 Å². The Balaban J connectivity index is 1.72. The van der Waals surface area contributed by atoms with Crippen molar-refractivity contribution in [3.8, 4) is 11.5 Å². The van der Waals surface area contributed by atoms with Gasteiger partial charge in [0.2, 0.25) is 0 Å². The van der Waals surface area contributed by atoms with Crippen LogP contribution in [0.3, 0.4) is 0 Å². The van der Waals surface area contributed by atoms with E-state index >= 15 is 0 Å². The Labute approximate surface area is 112 Å². The van der Waals surface area contributed by atoms with E-state index in [4.69, 9.17) is 9.47 Å². The summed E-state index contributed by atoms with van der Waals surface area (Å²) < 4.78 is 13.3. The zero-order chi connectivity index (χ0) is 13.1. The zero-order valence-electron chi connectivity index (χ0n) is 10.9. The molecule has 0 unspecified atom stereocenters. The van der Waals surface area contributed by atoms with Crippen molar-refractivity contribution in [2.75, 3.05) is 18.5 Å². The van der Waals surface area contributed by atoms with Crippen LogP contribution in [0.1, 0.15) is 12.2 Å². The summed E-state index contributed by atoms with van der Waals surface area (Å²) in [6.45, 7) is 2.10. The van der Waals surface area contributed by atoms with Crippen molar-refractivity contribution in [2.24, 2.45) is 7.05 Å². The molecule has 19 heavy (non-hydrogen) atoms. The van der Waals surface area contributed by atoms with Crippen molar-refractivity contribution in [2.45, 2.75) is 13.0 Å². The highest BCUT2D eigenvalue weighted by molar-refractivity contribution is 5.55. The number of hydrogen-bond donors (Lipinski definition) is 1. The lowest BCUT2D eigenvalue weighted by Gasteiger charge is -2.11. The van der Waals surface area contributed by atoms with Crippen molar-refractivity contribution in [3.05, 3.63) is 36.4 Å². The number of hydrogen-bond acceptors (Lipinski definition) is 4. The van der Waals surface area contributed by atoms with E-state index in [0.717, 1.165) is 29.4 Å². The topological polar surface area (TPSA) is 48.3 Å². The summed E-state index contributed by atoms with van der Waals surface area (Å²) in [5, 5.41) is 3.34. The smallest absolute Gasteiger partial charge is 0.163 e. The van der Waals surface area contributed by atoms with Gasteiger partial charge in [-0.25, -0.2) is 4.98 Å². The number of imidazole rings is 1. The number of nitrogens with zero attached hydrogens (tertiary/aromatic N) is 2. The van der Waals surface area contributed by atoms with Crippen LogP contribution in [-0.2, 0) is 13.6 Å². The van der Waals surface area contributed by atoms with Crippen LogP contribution in [0.15, 0.2) is 30.6 Å². The largest absolute Gasteiger partial charge is 0.490 e. The van der Waals surface area contributed by atoms with Gasteiger partial charge in [-0.15, -0.1) is 0 Å². The molecule has 0 fully saturated rings. The van der Waals surface area contributed by atoms with E-state index in [2.05, 4.69) is 10.3 Å². The highest BCUT2D eigenvalue weighted by Gasteiger charge is 2.10. The van der Waals surface area contributed by atoms with Crippen LogP contribution >= 0.6 is 0 Å². The van der Waals surface area contributed by atoms with Gasteiger partial charge in [0, 0.05) is 37.6 Å². The van der Waals surface area contributed by atoms with E-state index in [1.165, 1.54) is 0 Å². The minimum Gasteiger partial charge on any atom is -0.490 e. The zero-order valence-corrected chi connectivity index (χ0v) is 10.9. The highest BCUT2D eigenvalue weighted by atomic mass is 16.5. The molecule has 3 rings (SSSR count). The highest BCUT2D eigenvalue weighted by Crippen LogP contribution is 2.32. The molecule has 1 aromatic heterocycles. The average molecular weight is 259 g/mol. The Kier molecular flexibility index (Phi) is 3.27. The molecule has 100 valence electrons. The van der Waals surface area contributed by atoms with Crippen molar-refractivity contribution in [1.82, 2.24) is 9.55 Å². The maximum Gasteiger partial charge on any atom is 0.163 e. The van der Waals surface area contributed by atoms with Crippen LogP contribution in [0.25, 0.3) is 0 Å². The van der Waals surface area contributed by atoms with Crippen molar-refractivity contribution < 1.29 is 9.47 Å². The maximum absolute atomic E-state index is 5.66. The average Bonchev–Trinajstić information content (AvgIpc) is 2.70. The van der Waals surface area contributed by atoms with E-state index in [9.17, 15) is 0 Å². The van der Waals surface area contributed by atoms with Gasteiger partial charge in [-0.1, -0.05) is 0 Å². The van der Waals surface area contributed by atoms with E-state index in [1.54, 1.807) is 6.20 Å². The Morgan fingerprint density at radius 2 is 2.11 bits per heavy atom. The summed E-state index contributed by atoms with van der Waals surface area (Å²) in [7, 11) is 1.98. The molecule has 0 saturated carbocycles. The quantitative estimate of drug-likeness (QED) is 0.918. The van der Waals surface area contributed by atoms with Crippen LogP contribution in [0.4, 0.5) is 5.69 Å². The third-order valence-corrected chi connectivity index (χ3v) is 3.12. The first-order valence-corrected chi connectivity index (χ1v) is 6.42. The normalized spacial score (nSPS) is 13.9. The number of fused-ring (bicyclic) bond motifs is 1. The molecule has 0 radical (unpaired) electrons. The van der Waals surface area contributed by atoms with Gasteiger partial charge in [0.1, 0.15) is 5.82 Å². The lowest BCUT2D eigenvalue weighted by atomic mass is 10.2. The van der Waals surface area contributed by atoms with Crippen molar-refractivity contribution in [1.29, 1.82) is 0 Å². The molecule has 2 aromatic rings. The predicted octanol–water partition coefficient (Wildman–Crippen LogP) is 2.19. The van der Waals surface area contributed by atoms with Gasteiger partial charge in [-0.2, -0.15) is 0 Å². The molecule has 1 N–H and O–H groups in total. The van der Waals surface area contributed by atoms with Crippen LogP contribution < -0.4 is 14.8 Å². The fourth-order valence-corrected chi connectivity index (χ4v) is 2.02. The van der Waals surface area contributed by atoms with Gasteiger partial charge in [-0.3, -0.25) is 0 Å². The molecule has 0 spiro atoms. The van der Waals surface area contributed by atoms with Crippen LogP contribution in [-0.4, -0.2) is 22.8 Å². The minimum absolute atomic E-state index is 0.684. The van der Waals surface area contributed by atoms with Gasteiger partial charge in [0.05, 0.1) is 19.8 Å². The van der Waals surface area contributed by atoms with Crippen molar-refractivity contribution >= 4 is 5.69 Å². The van der Waals surface area contributed by atoms with Gasteiger partial charge in [-0.05, 0) is 12.1 Å². The summed E-state index contributed by atoms with van der Waals surface area (Å²) in [6.07, 6.45) is 4.65. The first-order chi connectivity index (χ1) is 9.33. The number of ether oxygens (including phenoxy) is 2. The summed E-state index contributed by atoms with van der Waals surface area (Å²) in [6, 6.07) is 5.92. The second kappa shape index (κ2) is 5.22. The van der Waals surface area contributed by atoms with Gasteiger partial charge in [0.25, 0.3) is 0 Å². The number of aromatic nitrogens is 2. The lowest BCUT2D eigenvalue weighted by molar-refractivity contribution is 0.297. The molecule has 0 atom stereocenters. The van der Waals surface area contributed by atoms with E-state index in [-0.39, 0.29) is 0 Å². The lowest BCUT2D eigenvalue weighted by Crippen LogP contribution is -2.05. The van der Waals surface area contributed by atoms with E-state index in [0.29, 0.717) is 19.8 Å². The molecule has 1 aromatic carbocycles. The Morgan fingerprint density at radius 1 is 1.26 bits per heavy atom. The minimum atomic E-state index is 0.684. The van der Waals surface area contributed by atoms with Crippen LogP contribution in [0, 0.1) is 0 Å². The van der Waals surface area contributed by atoms with Crippen molar-refractivity contribution in [3.63, 3.8) is 0 Å². The number of rotatable bonds is 3. The third-order valence-electron chi connectivity index (χ3n) is 3.12. The Hall–Kier alpha value is -2.17. The second-order valence-electron chi connectivity index (χ2n) is 4.52. The fourth-order valence-electron chi connectivity index (χ4n) is 2.02. The maximum atomic E-state index is 5.66. The molecule has 0 saturated heterocycles. The first kappa shape index (κ1) is 11.9. The fraction of sp³-hybridized carbons (Fsp3) is 0.357. The second-order valence-corrected chi connectivity index (χ2v) is 4.52. The molecule has 1 aliphatic heterocycles. The van der Waals surface area contributed by atoms with Crippen LogP contribution in [0.5, 0.6) is 11.5 Å². The summed E-state index contributed by atoms with van der Waals surface area (Å²) >= 11 is 0. The monoisotopic (exact) mass is 259 g/mol. The standard InChI is InChI=1S/C14H17N3O2/c1-17-6-5-15-14(17)10-16-11-3-4-12-13(9-11)19-8-2-7-18-12/h3-6,9,16H,2,7-8,10H2,1H3. The Morgan fingerprint density at radius 3 is 2.89 bits per heavy atom. The summed E-state index contributed by atoms with van der Waals surface area (Å²) in [5.74, 6) is 2.62. The predicted molar refractivity (Wildman–Crippen MR) is 72.6 cm³/mol. The third kappa shape index (κ3) is 2.65. The number of benzene rings is 1. The molecule has 0 amide bonds. The number of nitrogens with one attached hydrogen (secondary N) is 1. The SMILES string of the molecule is Cn1ccnc1CNc1ccc2c(c1)OCCCO2. The van der Waals surface area contributed by atoms with E-state index < -0.39 is 0 Å².